The number of nitroso groups, excluding NO2 is 1. The zero-order chi connectivity index (χ0) is 22.1. The lowest BCUT2D eigenvalue weighted by Gasteiger charge is -2.17. The summed E-state index contributed by atoms with van der Waals surface area (Å²) in [6, 6.07) is 23.4. The highest BCUT2D eigenvalue weighted by atomic mass is 16.4. The minimum atomic E-state index is -0.994. The summed E-state index contributed by atoms with van der Waals surface area (Å²) in [4.78, 5) is 35.0. The van der Waals surface area contributed by atoms with Gasteiger partial charge in [-0.2, -0.15) is 9.92 Å². The van der Waals surface area contributed by atoms with Gasteiger partial charge in [0.25, 0.3) is 5.91 Å². The van der Waals surface area contributed by atoms with Crippen molar-refractivity contribution in [3.05, 3.63) is 101 Å². The number of nitrogens with zero attached hydrogens (tertiary/aromatic N) is 4. The number of hydrogen-bond donors (Lipinski definition) is 1. The van der Waals surface area contributed by atoms with Crippen molar-refractivity contribution >= 4 is 23.3 Å². The Bertz CT molecular complexity index is 1050. The van der Waals surface area contributed by atoms with E-state index in [0.717, 1.165) is 0 Å². The Hall–Kier alpha value is -4.20. The number of aliphatic carboxylic acids is 1. The van der Waals surface area contributed by atoms with E-state index >= 15 is 0 Å². The third-order valence-electron chi connectivity index (χ3n) is 4.50. The first-order valence-corrected chi connectivity index (χ1v) is 9.59. The van der Waals surface area contributed by atoms with Gasteiger partial charge >= 0.3 is 5.97 Å². The molecule has 0 aliphatic carbocycles. The molecular formula is C23H20N4O4. The Morgan fingerprint density at radius 1 is 0.871 bits per heavy atom. The van der Waals surface area contributed by atoms with E-state index < -0.39 is 12.0 Å². The molecule has 156 valence electrons. The molecule has 1 unspecified atom stereocenters. The van der Waals surface area contributed by atoms with E-state index in [2.05, 4.69) is 15.5 Å². The molecule has 0 aliphatic heterocycles. The summed E-state index contributed by atoms with van der Waals surface area (Å²) >= 11 is 0. The van der Waals surface area contributed by atoms with Crippen LogP contribution in [0.2, 0.25) is 0 Å². The lowest BCUT2D eigenvalue weighted by molar-refractivity contribution is -0.137. The summed E-state index contributed by atoms with van der Waals surface area (Å²) in [5, 5.41) is 21.3. The van der Waals surface area contributed by atoms with E-state index in [9.17, 15) is 14.5 Å². The predicted molar refractivity (Wildman–Crippen MR) is 116 cm³/mol. The second kappa shape index (κ2) is 10.5. The molecule has 0 radical (unpaired) electrons. The van der Waals surface area contributed by atoms with Gasteiger partial charge in [0, 0.05) is 12.0 Å². The van der Waals surface area contributed by atoms with Crippen LogP contribution in [0.5, 0.6) is 0 Å². The molecule has 0 saturated carbocycles. The lowest BCUT2D eigenvalue weighted by atomic mass is 10.0. The first-order valence-electron chi connectivity index (χ1n) is 9.59. The quantitative estimate of drug-likeness (QED) is 0.274. The molecule has 1 amide bonds. The SMILES string of the molecule is O=NC(CCC(=O)O)c1ccc(N(N=Nc2ccccc2)C(=O)c2ccccc2)cc1. The zero-order valence-electron chi connectivity index (χ0n) is 16.5. The third kappa shape index (κ3) is 5.89. The van der Waals surface area contributed by atoms with Crippen LogP contribution < -0.4 is 5.01 Å². The molecule has 0 aliphatic rings. The summed E-state index contributed by atoms with van der Waals surface area (Å²) < 4.78 is 0. The maximum atomic E-state index is 13.1. The topological polar surface area (TPSA) is 112 Å². The Kier molecular flexibility index (Phi) is 7.31. The van der Waals surface area contributed by atoms with Crippen LogP contribution in [0.15, 0.2) is 100 Å². The predicted octanol–water partition coefficient (Wildman–Crippen LogP) is 5.70. The molecule has 0 spiro atoms. The molecule has 8 heteroatoms. The molecule has 3 aromatic carbocycles. The fourth-order valence-corrected chi connectivity index (χ4v) is 2.88. The number of amides is 1. The van der Waals surface area contributed by atoms with E-state index in [1.165, 1.54) is 5.01 Å². The van der Waals surface area contributed by atoms with E-state index in [0.29, 0.717) is 22.5 Å². The molecule has 0 fully saturated rings. The number of carboxylic acid groups (broad SMARTS) is 1. The van der Waals surface area contributed by atoms with Gasteiger partial charge < -0.3 is 5.11 Å². The van der Waals surface area contributed by atoms with Gasteiger partial charge in [0.15, 0.2) is 0 Å². The Labute approximate surface area is 178 Å². The van der Waals surface area contributed by atoms with Crippen molar-refractivity contribution in [2.75, 3.05) is 5.01 Å². The fraction of sp³-hybridized carbons (Fsp3) is 0.130. The molecule has 0 bridgehead atoms. The molecule has 1 N–H and O–H groups in total. The van der Waals surface area contributed by atoms with Crippen LogP contribution >= 0.6 is 0 Å². The molecule has 0 saturated heterocycles. The van der Waals surface area contributed by atoms with Crippen LogP contribution in [0.4, 0.5) is 11.4 Å². The molecule has 3 rings (SSSR count). The molecular weight excluding hydrogens is 396 g/mol. The van der Waals surface area contributed by atoms with E-state index in [4.69, 9.17) is 5.11 Å². The van der Waals surface area contributed by atoms with E-state index in [1.807, 2.05) is 24.3 Å². The van der Waals surface area contributed by atoms with Gasteiger partial charge in [-0.3, -0.25) is 9.59 Å². The lowest BCUT2D eigenvalue weighted by Crippen LogP contribution is -2.24. The first-order chi connectivity index (χ1) is 15.1. The molecule has 0 aromatic heterocycles. The van der Waals surface area contributed by atoms with Gasteiger partial charge in [0.2, 0.25) is 0 Å². The minimum Gasteiger partial charge on any atom is -0.481 e. The van der Waals surface area contributed by atoms with Crippen LogP contribution in [-0.4, -0.2) is 17.0 Å². The molecule has 0 heterocycles. The molecule has 31 heavy (non-hydrogen) atoms. The van der Waals surface area contributed by atoms with Gasteiger partial charge in [-0.15, -0.1) is 5.11 Å². The van der Waals surface area contributed by atoms with Gasteiger partial charge in [0.1, 0.15) is 6.04 Å². The maximum absolute atomic E-state index is 13.1. The summed E-state index contributed by atoms with van der Waals surface area (Å²) in [5.74, 6) is -1.37. The van der Waals surface area contributed by atoms with Gasteiger partial charge in [0.05, 0.1) is 11.4 Å². The summed E-state index contributed by atoms with van der Waals surface area (Å²) in [7, 11) is 0. The average molecular weight is 416 g/mol. The van der Waals surface area contributed by atoms with Gasteiger partial charge in [-0.05, 0) is 48.4 Å². The van der Waals surface area contributed by atoms with Crippen molar-refractivity contribution in [2.45, 2.75) is 18.9 Å². The van der Waals surface area contributed by atoms with E-state index in [1.54, 1.807) is 60.7 Å². The maximum Gasteiger partial charge on any atom is 0.303 e. The monoisotopic (exact) mass is 416 g/mol. The second-order valence-corrected chi connectivity index (χ2v) is 6.65. The summed E-state index contributed by atoms with van der Waals surface area (Å²) in [6.45, 7) is 0. The van der Waals surface area contributed by atoms with Crippen molar-refractivity contribution in [1.29, 1.82) is 0 Å². The number of carboxylic acids is 1. The van der Waals surface area contributed by atoms with Gasteiger partial charge in [-0.25, -0.2) is 0 Å². The highest BCUT2D eigenvalue weighted by Crippen LogP contribution is 2.27. The van der Waals surface area contributed by atoms with Crippen molar-refractivity contribution in [1.82, 2.24) is 0 Å². The highest BCUT2D eigenvalue weighted by molar-refractivity contribution is 6.05. The number of benzene rings is 3. The number of rotatable bonds is 9. The molecule has 3 aromatic rings. The summed E-state index contributed by atoms with van der Waals surface area (Å²) in [6.07, 6.45) is -0.0688. The van der Waals surface area contributed by atoms with Crippen LogP contribution in [0.1, 0.15) is 34.8 Å². The van der Waals surface area contributed by atoms with Crippen LogP contribution in [-0.2, 0) is 4.79 Å². The average Bonchev–Trinajstić information content (AvgIpc) is 2.81. The normalized spacial score (nSPS) is 11.7. The van der Waals surface area contributed by atoms with Crippen LogP contribution in [0.3, 0.4) is 0 Å². The van der Waals surface area contributed by atoms with E-state index in [-0.39, 0.29) is 18.7 Å². The second-order valence-electron chi connectivity index (χ2n) is 6.65. The van der Waals surface area contributed by atoms with Crippen LogP contribution in [0, 0.1) is 4.91 Å². The number of carbonyl (C=O) groups is 2. The van der Waals surface area contributed by atoms with Crippen molar-refractivity contribution < 1.29 is 14.7 Å². The van der Waals surface area contributed by atoms with Crippen molar-refractivity contribution in [2.24, 2.45) is 15.5 Å². The number of hydrogen-bond acceptors (Lipinski definition) is 6. The minimum absolute atomic E-state index is 0.0958. The fourth-order valence-electron chi connectivity index (χ4n) is 2.88. The highest BCUT2D eigenvalue weighted by Gasteiger charge is 2.19. The Morgan fingerprint density at radius 2 is 1.48 bits per heavy atom. The zero-order valence-corrected chi connectivity index (χ0v) is 16.5. The smallest absolute Gasteiger partial charge is 0.303 e. The number of anilines is 1. The third-order valence-corrected chi connectivity index (χ3v) is 4.50. The summed E-state index contributed by atoms with van der Waals surface area (Å²) in [5.41, 5.74) is 2.03. The van der Waals surface area contributed by atoms with Gasteiger partial charge in [-0.1, -0.05) is 58.9 Å². The number of carbonyl (C=O) groups excluding carboxylic acids is 1. The van der Waals surface area contributed by atoms with Crippen molar-refractivity contribution in [3.8, 4) is 0 Å². The van der Waals surface area contributed by atoms with Crippen molar-refractivity contribution in [3.63, 3.8) is 0 Å². The Balaban J connectivity index is 1.89. The molecule has 8 nitrogen and oxygen atoms in total. The largest absolute Gasteiger partial charge is 0.481 e. The van der Waals surface area contributed by atoms with Crippen LogP contribution in [0.25, 0.3) is 0 Å². The Morgan fingerprint density at radius 3 is 2.06 bits per heavy atom. The first kappa shape index (κ1) is 21.5. The standard InChI is InChI=1S/C23H20N4O4/c28-22(29)16-15-21(25-31)17-11-13-20(14-12-17)27(23(30)18-7-3-1-4-8-18)26-24-19-9-5-2-6-10-19/h1-14,21H,15-16H2,(H,28,29). The molecule has 1 atom stereocenters.